The highest BCUT2D eigenvalue weighted by Crippen LogP contribution is 2.16. The van der Waals surface area contributed by atoms with Gasteiger partial charge in [-0.3, -0.25) is 9.89 Å². The molecule has 0 unspecified atom stereocenters. The number of hydrogen-bond donors (Lipinski definition) is 2. The van der Waals surface area contributed by atoms with Crippen LogP contribution in [0.5, 0.6) is 0 Å². The summed E-state index contributed by atoms with van der Waals surface area (Å²) in [6.45, 7) is 11.4. The van der Waals surface area contributed by atoms with Crippen molar-refractivity contribution in [2.75, 3.05) is 26.2 Å². The van der Waals surface area contributed by atoms with Crippen molar-refractivity contribution in [2.24, 2.45) is 4.99 Å². The van der Waals surface area contributed by atoms with Crippen molar-refractivity contribution < 1.29 is 0 Å². The average Bonchev–Trinajstić information content (AvgIpc) is 3.10. The van der Waals surface area contributed by atoms with Crippen LogP contribution < -0.4 is 10.6 Å². The van der Waals surface area contributed by atoms with E-state index in [4.69, 9.17) is 4.99 Å². The maximum Gasteiger partial charge on any atom is 0.191 e. The van der Waals surface area contributed by atoms with E-state index in [-0.39, 0.29) is 24.0 Å². The van der Waals surface area contributed by atoms with Gasteiger partial charge in [-0.2, -0.15) is 0 Å². The second-order valence-corrected chi connectivity index (χ2v) is 8.82. The van der Waals surface area contributed by atoms with Crippen LogP contribution in [0.2, 0.25) is 0 Å². The summed E-state index contributed by atoms with van der Waals surface area (Å²) in [7, 11) is 0. The third-order valence-corrected chi connectivity index (χ3v) is 6.17. The third kappa shape index (κ3) is 7.86. The number of aryl methyl sites for hydroxylation is 2. The molecule has 0 atom stereocenters. The number of aliphatic imine (C=N–C) groups is 1. The van der Waals surface area contributed by atoms with Crippen LogP contribution >= 0.6 is 35.3 Å². The highest BCUT2D eigenvalue weighted by Gasteiger charge is 2.20. The lowest BCUT2D eigenvalue weighted by Crippen LogP contribution is -2.48. The summed E-state index contributed by atoms with van der Waals surface area (Å²) in [5, 5.41) is 8.20. The van der Waals surface area contributed by atoms with Gasteiger partial charge in [-0.15, -0.1) is 35.3 Å². The van der Waals surface area contributed by atoms with Gasteiger partial charge in [0.25, 0.3) is 0 Å². The second-order valence-electron chi connectivity index (χ2n) is 7.50. The van der Waals surface area contributed by atoms with Gasteiger partial charge in [0, 0.05) is 56.3 Å². The van der Waals surface area contributed by atoms with Crippen molar-refractivity contribution in [3.05, 3.63) is 51.5 Å². The fourth-order valence-corrected chi connectivity index (χ4v) is 4.33. The van der Waals surface area contributed by atoms with E-state index < -0.39 is 0 Å². The molecule has 1 fully saturated rings. The molecule has 2 aromatic rings. The quantitative estimate of drug-likeness (QED) is 0.323. The first-order valence-corrected chi connectivity index (χ1v) is 11.2. The zero-order valence-electron chi connectivity index (χ0n) is 17.8. The molecule has 5 nitrogen and oxygen atoms in total. The van der Waals surface area contributed by atoms with Gasteiger partial charge >= 0.3 is 0 Å². The third-order valence-electron chi connectivity index (χ3n) is 5.19. The number of nitrogens with zero attached hydrogens (tertiary/aromatic N) is 3. The minimum absolute atomic E-state index is 0. The molecule has 3 rings (SSSR count). The van der Waals surface area contributed by atoms with E-state index in [1.165, 1.54) is 21.0 Å². The van der Waals surface area contributed by atoms with E-state index in [9.17, 15) is 0 Å². The number of aromatic nitrogens is 1. The number of thiazole rings is 1. The van der Waals surface area contributed by atoms with E-state index in [0.29, 0.717) is 6.04 Å². The summed E-state index contributed by atoms with van der Waals surface area (Å²) in [4.78, 5) is 13.0. The Morgan fingerprint density at radius 2 is 2.00 bits per heavy atom. The Labute approximate surface area is 196 Å². The molecule has 29 heavy (non-hydrogen) atoms. The molecule has 0 radical (unpaired) electrons. The highest BCUT2D eigenvalue weighted by molar-refractivity contribution is 14.0. The topological polar surface area (TPSA) is 52.6 Å². The Kier molecular flexibility index (Phi) is 10.4. The predicted octanol–water partition coefficient (Wildman–Crippen LogP) is 4.14. The number of hydrogen-bond acceptors (Lipinski definition) is 4. The number of rotatable bonds is 7. The molecular weight excluding hydrogens is 493 g/mol. The second kappa shape index (κ2) is 12.5. The van der Waals surface area contributed by atoms with Gasteiger partial charge in [0.1, 0.15) is 0 Å². The monoisotopic (exact) mass is 527 g/mol. The van der Waals surface area contributed by atoms with Crippen LogP contribution in [0.1, 0.15) is 40.8 Å². The number of piperidine rings is 1. The largest absolute Gasteiger partial charge is 0.357 e. The first-order valence-electron chi connectivity index (χ1n) is 10.4. The number of benzene rings is 1. The smallest absolute Gasteiger partial charge is 0.191 e. The number of likely N-dealkylation sites (tertiary alicyclic amines) is 1. The zero-order valence-corrected chi connectivity index (χ0v) is 20.9. The fraction of sp³-hybridized carbons (Fsp3) is 0.545. The van der Waals surface area contributed by atoms with Crippen LogP contribution in [0.15, 0.2) is 35.5 Å². The minimum atomic E-state index is 0. The van der Waals surface area contributed by atoms with Crippen LogP contribution in [-0.4, -0.2) is 48.1 Å². The van der Waals surface area contributed by atoms with E-state index in [2.05, 4.69) is 65.6 Å². The molecule has 160 valence electrons. The molecule has 0 saturated carbocycles. The van der Waals surface area contributed by atoms with E-state index in [0.717, 1.165) is 57.9 Å². The van der Waals surface area contributed by atoms with E-state index in [1.54, 1.807) is 11.3 Å². The maximum absolute atomic E-state index is 4.76. The van der Waals surface area contributed by atoms with Gasteiger partial charge in [-0.25, -0.2) is 4.98 Å². The molecule has 7 heteroatoms. The molecule has 1 saturated heterocycles. The molecule has 2 N–H and O–H groups in total. The highest BCUT2D eigenvalue weighted by atomic mass is 127. The summed E-state index contributed by atoms with van der Waals surface area (Å²) in [5.74, 6) is 0.938. The van der Waals surface area contributed by atoms with Crippen molar-refractivity contribution >= 4 is 41.3 Å². The van der Waals surface area contributed by atoms with Crippen molar-refractivity contribution in [1.82, 2.24) is 20.5 Å². The molecule has 0 bridgehead atoms. The lowest BCUT2D eigenvalue weighted by atomic mass is 10.0. The first-order chi connectivity index (χ1) is 13.6. The summed E-state index contributed by atoms with van der Waals surface area (Å²) in [6, 6.07) is 9.21. The summed E-state index contributed by atoms with van der Waals surface area (Å²) in [5.41, 5.74) is 2.83. The number of halogens is 1. The Morgan fingerprint density at radius 3 is 2.66 bits per heavy atom. The lowest BCUT2D eigenvalue weighted by Gasteiger charge is -2.33. The molecule has 1 aliphatic heterocycles. The van der Waals surface area contributed by atoms with E-state index in [1.807, 2.05) is 6.20 Å². The average molecular weight is 528 g/mol. The summed E-state index contributed by atoms with van der Waals surface area (Å²) < 4.78 is 0. The van der Waals surface area contributed by atoms with Gasteiger partial charge in [0.2, 0.25) is 0 Å². The number of nitrogens with one attached hydrogen (secondary N) is 2. The lowest BCUT2D eigenvalue weighted by molar-refractivity contribution is 0.198. The van der Waals surface area contributed by atoms with Crippen molar-refractivity contribution in [3.8, 4) is 0 Å². The molecule has 0 aliphatic carbocycles. The van der Waals surface area contributed by atoms with Gasteiger partial charge in [0.05, 0.1) is 5.01 Å². The standard InChI is InChI=1S/C22H33N5S.HI/c1-4-23-22(24-12-9-21-25-15-18(3)28-21)26-20-10-13-27(14-11-20)16-19-8-6-5-7-17(19)2;/h5-8,15,20H,4,9-14,16H2,1-3H3,(H2,23,24,26);1H. The Morgan fingerprint density at radius 1 is 1.24 bits per heavy atom. The normalized spacial score (nSPS) is 15.8. The molecule has 1 aromatic heterocycles. The van der Waals surface area contributed by atoms with Gasteiger partial charge in [-0.1, -0.05) is 24.3 Å². The van der Waals surface area contributed by atoms with Crippen molar-refractivity contribution in [2.45, 2.75) is 52.6 Å². The molecule has 1 aromatic carbocycles. The SMILES string of the molecule is CCNC(=NCCc1ncc(C)s1)NC1CCN(Cc2ccccc2C)CC1.I. The fourth-order valence-electron chi connectivity index (χ4n) is 3.56. The van der Waals surface area contributed by atoms with E-state index >= 15 is 0 Å². The number of guanidine groups is 1. The molecule has 0 spiro atoms. The summed E-state index contributed by atoms with van der Waals surface area (Å²) >= 11 is 1.76. The minimum Gasteiger partial charge on any atom is -0.357 e. The Balaban J connectivity index is 0.00000300. The van der Waals surface area contributed by atoms with Gasteiger partial charge in [-0.05, 0) is 44.7 Å². The predicted molar refractivity (Wildman–Crippen MR) is 135 cm³/mol. The molecule has 1 aliphatic rings. The van der Waals surface area contributed by atoms with Crippen LogP contribution in [0.4, 0.5) is 0 Å². The molecule has 2 heterocycles. The summed E-state index contributed by atoms with van der Waals surface area (Å²) in [6.07, 6.45) is 5.16. The van der Waals surface area contributed by atoms with Crippen molar-refractivity contribution in [3.63, 3.8) is 0 Å². The first kappa shape index (κ1) is 24.1. The Hall–Kier alpha value is -1.19. The van der Waals surface area contributed by atoms with Gasteiger partial charge < -0.3 is 10.6 Å². The van der Waals surface area contributed by atoms with Crippen LogP contribution in [-0.2, 0) is 13.0 Å². The van der Waals surface area contributed by atoms with Crippen molar-refractivity contribution in [1.29, 1.82) is 0 Å². The van der Waals surface area contributed by atoms with Crippen LogP contribution in [0, 0.1) is 13.8 Å². The molecular formula is C22H34IN5S. The van der Waals surface area contributed by atoms with Crippen LogP contribution in [0.25, 0.3) is 0 Å². The Bertz CT molecular complexity index is 768. The zero-order chi connectivity index (χ0) is 19.8. The van der Waals surface area contributed by atoms with Crippen LogP contribution in [0.3, 0.4) is 0 Å². The maximum atomic E-state index is 4.76. The molecule has 0 amide bonds. The van der Waals surface area contributed by atoms with Gasteiger partial charge in [0.15, 0.2) is 5.96 Å².